The first-order valence-electron chi connectivity index (χ1n) is 22.5. The molecule has 0 aromatic heterocycles. The Morgan fingerprint density at radius 3 is 1.56 bits per heavy atom. The molecule has 1 nitrogen and oxygen atoms in total. The second-order valence-corrected chi connectivity index (χ2v) is 18.7. The van der Waals surface area contributed by atoms with Crippen molar-refractivity contribution >= 4 is 17.1 Å². The zero-order chi connectivity index (χ0) is 41.0. The van der Waals surface area contributed by atoms with Crippen LogP contribution >= 0.6 is 0 Å². The van der Waals surface area contributed by atoms with Gasteiger partial charge in [-0.2, -0.15) is 0 Å². The van der Waals surface area contributed by atoms with Crippen molar-refractivity contribution in [2.24, 2.45) is 0 Å². The van der Waals surface area contributed by atoms with Crippen LogP contribution in [-0.4, -0.2) is 0 Å². The molecule has 0 aliphatic heterocycles. The first kappa shape index (κ1) is 36.4. The smallest absolute Gasteiger partial charge is 0.0719 e. The van der Waals surface area contributed by atoms with Crippen LogP contribution in [-0.2, 0) is 36.5 Å². The summed E-state index contributed by atoms with van der Waals surface area (Å²) in [6.45, 7) is 9.47. The van der Waals surface area contributed by atoms with Gasteiger partial charge in [-0.05, 0) is 189 Å². The maximum atomic E-state index is 2.60. The molecule has 4 aliphatic rings. The van der Waals surface area contributed by atoms with Gasteiger partial charge in [0.25, 0.3) is 0 Å². The number of benzene rings is 8. The highest BCUT2D eigenvalue weighted by atomic mass is 15.1. The quantitative estimate of drug-likeness (QED) is 0.172. The zero-order valence-electron chi connectivity index (χ0n) is 35.8. The van der Waals surface area contributed by atoms with E-state index >= 15 is 0 Å². The molecule has 8 aromatic rings. The molecule has 0 saturated carbocycles. The molecular weight excluding hydrogens is 735 g/mol. The number of hydrogen-bond donors (Lipinski definition) is 0. The molecule has 1 spiro atoms. The van der Waals surface area contributed by atoms with Gasteiger partial charge < -0.3 is 4.90 Å². The second kappa shape index (κ2) is 13.5. The molecule has 0 saturated heterocycles. The van der Waals surface area contributed by atoms with Gasteiger partial charge in [0.05, 0.1) is 11.1 Å². The van der Waals surface area contributed by atoms with Crippen molar-refractivity contribution in [2.45, 2.75) is 77.0 Å². The van der Waals surface area contributed by atoms with Crippen LogP contribution in [0, 0.1) is 13.8 Å². The molecule has 0 fully saturated rings. The van der Waals surface area contributed by atoms with Crippen LogP contribution < -0.4 is 4.90 Å². The standard InChI is InChI=1S/C60H51N/c1-38-34-43(47-23-15-19-40-16-5-8-20-46(40)47)35-39(2)58(38)61(44-30-32-50-48-21-9-13-26-54(48)59(3,4)56(50)36-44)45-31-33-51-49-22-10-14-27-55(49)60(57(51)37-45)52-24-11-6-17-41(52)28-29-42-18-7-12-25-53(42)60/h6-7,9-15,17-19,21-27,30-37H,5,8,16,20,28-29H2,1-4H3. The van der Waals surface area contributed by atoms with E-state index < -0.39 is 5.41 Å². The molecule has 0 N–H and O–H groups in total. The summed E-state index contributed by atoms with van der Waals surface area (Å²) in [5, 5.41) is 0. The summed E-state index contributed by atoms with van der Waals surface area (Å²) in [7, 11) is 0. The number of rotatable bonds is 4. The lowest BCUT2D eigenvalue weighted by molar-refractivity contribution is 0.660. The summed E-state index contributed by atoms with van der Waals surface area (Å²) < 4.78 is 0. The van der Waals surface area contributed by atoms with Crippen LogP contribution in [0.25, 0.3) is 33.4 Å². The maximum absolute atomic E-state index is 2.60. The number of nitrogens with zero attached hydrogens (tertiary/aromatic N) is 1. The van der Waals surface area contributed by atoms with E-state index in [9.17, 15) is 0 Å². The molecule has 8 aromatic carbocycles. The third kappa shape index (κ3) is 5.19. The monoisotopic (exact) mass is 785 g/mol. The number of fused-ring (bicyclic) bond motifs is 13. The predicted octanol–water partition coefficient (Wildman–Crippen LogP) is 15.1. The highest BCUT2D eigenvalue weighted by Gasteiger charge is 2.49. The van der Waals surface area contributed by atoms with Crippen LogP contribution in [0.3, 0.4) is 0 Å². The maximum Gasteiger partial charge on any atom is 0.0719 e. The van der Waals surface area contributed by atoms with Crippen molar-refractivity contribution in [3.63, 3.8) is 0 Å². The Kier molecular flexibility index (Phi) is 8.08. The van der Waals surface area contributed by atoms with Crippen LogP contribution in [0.2, 0.25) is 0 Å². The van der Waals surface area contributed by atoms with E-state index in [1.54, 1.807) is 5.56 Å². The first-order chi connectivity index (χ1) is 29.8. The minimum Gasteiger partial charge on any atom is -0.310 e. The molecule has 12 rings (SSSR count). The van der Waals surface area contributed by atoms with Gasteiger partial charge in [-0.1, -0.05) is 141 Å². The fourth-order valence-electron chi connectivity index (χ4n) is 12.4. The molecule has 0 radical (unpaired) electrons. The Bertz CT molecular complexity index is 3030. The molecule has 4 aliphatic carbocycles. The Balaban J connectivity index is 1.12. The Labute approximate surface area is 361 Å². The van der Waals surface area contributed by atoms with Gasteiger partial charge in [-0.15, -0.1) is 0 Å². The van der Waals surface area contributed by atoms with E-state index in [0.29, 0.717) is 0 Å². The van der Waals surface area contributed by atoms with Gasteiger partial charge in [0, 0.05) is 16.8 Å². The molecule has 0 heterocycles. The Morgan fingerprint density at radius 2 is 0.885 bits per heavy atom. The molecule has 296 valence electrons. The van der Waals surface area contributed by atoms with Crippen molar-refractivity contribution in [3.05, 3.63) is 231 Å². The van der Waals surface area contributed by atoms with Crippen LogP contribution in [0.5, 0.6) is 0 Å². The second-order valence-electron chi connectivity index (χ2n) is 18.7. The van der Waals surface area contributed by atoms with E-state index in [4.69, 9.17) is 0 Å². The van der Waals surface area contributed by atoms with Gasteiger partial charge in [0.1, 0.15) is 0 Å². The Hall–Kier alpha value is -6.44. The summed E-state index contributed by atoms with van der Waals surface area (Å²) in [4.78, 5) is 2.60. The SMILES string of the molecule is Cc1cc(-c2cccc3c2CCCC3)cc(C)c1N(c1ccc2c(c1)C(C)(C)c1ccccc1-2)c1ccc2c(c1)C1(c3ccccc3CCc3ccccc31)c1ccccc1-2. The molecule has 0 amide bonds. The highest BCUT2D eigenvalue weighted by Crippen LogP contribution is 2.60. The van der Waals surface area contributed by atoms with Gasteiger partial charge in [0.2, 0.25) is 0 Å². The van der Waals surface area contributed by atoms with Crippen LogP contribution in [0.15, 0.2) is 164 Å². The fraction of sp³-hybridized carbons (Fsp3) is 0.200. The summed E-state index contributed by atoms with van der Waals surface area (Å²) >= 11 is 0. The average Bonchev–Trinajstić information content (AvgIpc) is 3.64. The molecule has 1 heteroatoms. The predicted molar refractivity (Wildman–Crippen MR) is 255 cm³/mol. The van der Waals surface area contributed by atoms with Crippen molar-refractivity contribution < 1.29 is 0 Å². The number of anilines is 3. The van der Waals surface area contributed by atoms with Gasteiger partial charge in [0.15, 0.2) is 0 Å². The van der Waals surface area contributed by atoms with Crippen molar-refractivity contribution in [2.75, 3.05) is 4.90 Å². The molecule has 0 unspecified atom stereocenters. The number of aryl methyl sites for hydroxylation is 5. The minimum absolute atomic E-state index is 0.120. The lowest BCUT2D eigenvalue weighted by Gasteiger charge is -2.36. The fourth-order valence-corrected chi connectivity index (χ4v) is 12.4. The Morgan fingerprint density at radius 1 is 0.393 bits per heavy atom. The average molecular weight is 786 g/mol. The lowest BCUT2D eigenvalue weighted by atomic mass is 9.66. The van der Waals surface area contributed by atoms with E-state index in [2.05, 4.69) is 196 Å². The van der Waals surface area contributed by atoms with E-state index in [0.717, 1.165) is 19.3 Å². The normalized spacial score (nSPS) is 15.7. The topological polar surface area (TPSA) is 3.24 Å². The largest absolute Gasteiger partial charge is 0.310 e. The van der Waals surface area contributed by atoms with Crippen molar-refractivity contribution in [3.8, 4) is 33.4 Å². The van der Waals surface area contributed by atoms with Crippen LogP contribution in [0.1, 0.15) is 93.5 Å². The molecular formula is C60H51N. The minimum atomic E-state index is -0.445. The van der Waals surface area contributed by atoms with Gasteiger partial charge in [-0.3, -0.25) is 0 Å². The third-order valence-corrected chi connectivity index (χ3v) is 15.0. The highest BCUT2D eigenvalue weighted by molar-refractivity contribution is 5.92. The lowest BCUT2D eigenvalue weighted by Crippen LogP contribution is -2.30. The molecule has 61 heavy (non-hydrogen) atoms. The van der Waals surface area contributed by atoms with Crippen molar-refractivity contribution in [1.82, 2.24) is 0 Å². The third-order valence-electron chi connectivity index (χ3n) is 15.0. The summed E-state index contributed by atoms with van der Waals surface area (Å²) in [5.74, 6) is 0. The van der Waals surface area contributed by atoms with Gasteiger partial charge >= 0.3 is 0 Å². The molecule has 0 bridgehead atoms. The summed E-state index contributed by atoms with van der Waals surface area (Å²) in [6.07, 6.45) is 6.96. The number of hydrogen-bond acceptors (Lipinski definition) is 1. The molecule has 0 atom stereocenters. The van der Waals surface area contributed by atoms with E-state index in [-0.39, 0.29) is 5.41 Å². The van der Waals surface area contributed by atoms with Crippen molar-refractivity contribution in [1.29, 1.82) is 0 Å². The van der Waals surface area contributed by atoms with Gasteiger partial charge in [-0.25, -0.2) is 0 Å². The van der Waals surface area contributed by atoms with E-state index in [1.165, 1.54) is 131 Å². The zero-order valence-corrected chi connectivity index (χ0v) is 35.8. The first-order valence-corrected chi connectivity index (χ1v) is 22.5. The summed E-state index contributed by atoms with van der Waals surface area (Å²) in [5.41, 5.74) is 28.1. The van der Waals surface area contributed by atoms with Crippen LogP contribution in [0.4, 0.5) is 17.1 Å². The summed E-state index contributed by atoms with van der Waals surface area (Å²) in [6, 6.07) is 63.4. The van der Waals surface area contributed by atoms with E-state index in [1.807, 2.05) is 0 Å².